The molecule has 0 spiro atoms. The van der Waals surface area contributed by atoms with Crippen LogP contribution in [0.1, 0.15) is 30.3 Å². The average Bonchev–Trinajstić information content (AvgIpc) is 3.11. The highest BCUT2D eigenvalue weighted by atomic mass is 32.2. The Bertz CT molecular complexity index is 827. The molecule has 0 bridgehead atoms. The highest BCUT2D eigenvalue weighted by Crippen LogP contribution is 2.29. The number of sulfonamides is 1. The number of rotatable bonds is 5. The van der Waals surface area contributed by atoms with Crippen molar-refractivity contribution in [3.63, 3.8) is 0 Å². The molecule has 136 valence electrons. The molecule has 0 aliphatic carbocycles. The largest absolute Gasteiger partial charge is 0.356 e. The van der Waals surface area contributed by atoms with Crippen LogP contribution in [0.25, 0.3) is 0 Å². The molecule has 0 aromatic carbocycles. The number of aromatic nitrogens is 2. The quantitative estimate of drug-likeness (QED) is 0.798. The number of thiophene rings is 1. The number of nitrogens with zero attached hydrogens (tertiary/aromatic N) is 4. The molecule has 3 rings (SSSR count). The zero-order chi connectivity index (χ0) is 18.0. The van der Waals surface area contributed by atoms with Gasteiger partial charge in [-0.25, -0.2) is 18.4 Å². The Labute approximate surface area is 153 Å². The molecule has 1 fully saturated rings. The summed E-state index contributed by atoms with van der Waals surface area (Å²) < 4.78 is 27.7. The molecule has 2 aromatic rings. The van der Waals surface area contributed by atoms with E-state index < -0.39 is 10.0 Å². The van der Waals surface area contributed by atoms with Crippen molar-refractivity contribution in [2.24, 2.45) is 0 Å². The van der Waals surface area contributed by atoms with E-state index in [0.29, 0.717) is 17.3 Å². The average molecular weight is 381 g/mol. The second kappa shape index (κ2) is 7.39. The standard InChI is InChI=1S/C17H24N4O2S2/c1-4-15-5-6-17(24-15)25(22,23)21-9-7-14(8-10-21)20(3)16-11-13(2)18-12-19-16/h5-6,11-12,14H,4,7-10H2,1-3H3. The molecule has 0 amide bonds. The number of hydrogen-bond acceptors (Lipinski definition) is 6. The third-order valence-electron chi connectivity index (χ3n) is 4.70. The van der Waals surface area contributed by atoms with Crippen LogP contribution in [0.3, 0.4) is 0 Å². The van der Waals surface area contributed by atoms with Crippen LogP contribution in [-0.4, -0.2) is 48.9 Å². The molecular formula is C17H24N4O2S2. The van der Waals surface area contributed by atoms with Crippen molar-refractivity contribution in [3.8, 4) is 0 Å². The van der Waals surface area contributed by atoms with Crippen LogP contribution in [0.4, 0.5) is 5.82 Å². The number of aryl methyl sites for hydroxylation is 2. The molecule has 0 unspecified atom stereocenters. The molecule has 1 aliphatic rings. The van der Waals surface area contributed by atoms with Gasteiger partial charge in [-0.05, 0) is 38.3 Å². The Hall–Kier alpha value is -1.51. The highest BCUT2D eigenvalue weighted by molar-refractivity contribution is 7.91. The van der Waals surface area contributed by atoms with E-state index in [9.17, 15) is 8.42 Å². The van der Waals surface area contributed by atoms with Gasteiger partial charge < -0.3 is 4.90 Å². The summed E-state index contributed by atoms with van der Waals surface area (Å²) in [6.07, 6.45) is 4.03. The lowest BCUT2D eigenvalue weighted by atomic mass is 10.1. The maximum atomic E-state index is 12.8. The lowest BCUT2D eigenvalue weighted by molar-refractivity contribution is 0.314. The van der Waals surface area contributed by atoms with Gasteiger partial charge in [-0.1, -0.05) is 6.92 Å². The van der Waals surface area contributed by atoms with Crippen LogP contribution in [0, 0.1) is 6.92 Å². The van der Waals surface area contributed by atoms with Gasteiger partial charge in [-0.3, -0.25) is 0 Å². The first kappa shape index (κ1) is 18.3. The van der Waals surface area contributed by atoms with E-state index in [1.54, 1.807) is 16.7 Å². The predicted octanol–water partition coefficient (Wildman–Crippen LogP) is 2.70. The zero-order valence-corrected chi connectivity index (χ0v) is 16.5. The number of piperidine rings is 1. The summed E-state index contributed by atoms with van der Waals surface area (Å²) in [6, 6.07) is 5.90. The summed E-state index contributed by atoms with van der Waals surface area (Å²) in [5.74, 6) is 0.889. The summed E-state index contributed by atoms with van der Waals surface area (Å²) in [4.78, 5) is 11.7. The zero-order valence-electron chi connectivity index (χ0n) is 14.8. The van der Waals surface area contributed by atoms with E-state index in [1.165, 1.54) is 11.3 Å². The highest BCUT2D eigenvalue weighted by Gasteiger charge is 2.32. The molecule has 0 atom stereocenters. The molecule has 6 nitrogen and oxygen atoms in total. The maximum Gasteiger partial charge on any atom is 0.252 e. The van der Waals surface area contributed by atoms with Gasteiger partial charge in [-0.15, -0.1) is 11.3 Å². The van der Waals surface area contributed by atoms with Crippen LogP contribution in [0.15, 0.2) is 28.7 Å². The Morgan fingerprint density at radius 3 is 2.60 bits per heavy atom. The third kappa shape index (κ3) is 3.86. The van der Waals surface area contributed by atoms with Gasteiger partial charge in [0.25, 0.3) is 10.0 Å². The van der Waals surface area contributed by atoms with Crippen LogP contribution in [0.5, 0.6) is 0 Å². The van der Waals surface area contributed by atoms with Gasteiger partial charge in [0, 0.05) is 42.8 Å². The second-order valence-electron chi connectivity index (χ2n) is 6.34. The summed E-state index contributed by atoms with van der Waals surface area (Å²) in [6.45, 7) is 5.07. The normalized spacial score (nSPS) is 16.9. The number of anilines is 1. The monoisotopic (exact) mass is 380 g/mol. The first-order valence-corrected chi connectivity index (χ1v) is 10.8. The Morgan fingerprint density at radius 2 is 2.00 bits per heavy atom. The van der Waals surface area contributed by atoms with E-state index in [-0.39, 0.29) is 6.04 Å². The Morgan fingerprint density at radius 1 is 1.28 bits per heavy atom. The summed E-state index contributed by atoms with van der Waals surface area (Å²) in [5, 5.41) is 0. The molecule has 25 heavy (non-hydrogen) atoms. The molecular weight excluding hydrogens is 356 g/mol. The lowest BCUT2D eigenvalue weighted by Crippen LogP contribution is -2.45. The molecule has 0 saturated carbocycles. The molecule has 8 heteroatoms. The van der Waals surface area contributed by atoms with Gasteiger partial charge >= 0.3 is 0 Å². The van der Waals surface area contributed by atoms with Gasteiger partial charge in [0.15, 0.2) is 0 Å². The first-order valence-electron chi connectivity index (χ1n) is 8.52. The summed E-state index contributed by atoms with van der Waals surface area (Å²) in [5.41, 5.74) is 0.932. The molecule has 1 aliphatic heterocycles. The Kier molecular flexibility index (Phi) is 5.41. The van der Waals surface area contributed by atoms with Crippen molar-refractivity contribution in [1.82, 2.24) is 14.3 Å². The molecule has 0 radical (unpaired) electrons. The van der Waals surface area contributed by atoms with Gasteiger partial charge in [0.1, 0.15) is 16.4 Å². The van der Waals surface area contributed by atoms with E-state index in [4.69, 9.17) is 0 Å². The van der Waals surface area contributed by atoms with Crippen molar-refractivity contribution < 1.29 is 8.42 Å². The van der Waals surface area contributed by atoms with Crippen LogP contribution in [-0.2, 0) is 16.4 Å². The van der Waals surface area contributed by atoms with E-state index in [0.717, 1.165) is 35.7 Å². The summed E-state index contributed by atoms with van der Waals surface area (Å²) in [7, 11) is -1.35. The van der Waals surface area contributed by atoms with E-state index in [2.05, 4.69) is 14.9 Å². The molecule has 1 saturated heterocycles. The van der Waals surface area contributed by atoms with Gasteiger partial charge in [0.2, 0.25) is 0 Å². The van der Waals surface area contributed by atoms with Crippen LogP contribution >= 0.6 is 11.3 Å². The fraction of sp³-hybridized carbons (Fsp3) is 0.529. The maximum absolute atomic E-state index is 12.8. The van der Waals surface area contributed by atoms with Gasteiger partial charge in [0.05, 0.1) is 0 Å². The fourth-order valence-electron chi connectivity index (χ4n) is 3.10. The van der Waals surface area contributed by atoms with Crippen molar-refractivity contribution in [3.05, 3.63) is 35.1 Å². The molecule has 2 aromatic heterocycles. The molecule has 3 heterocycles. The van der Waals surface area contributed by atoms with E-state index in [1.807, 2.05) is 33.0 Å². The minimum Gasteiger partial charge on any atom is -0.356 e. The van der Waals surface area contributed by atoms with E-state index >= 15 is 0 Å². The summed E-state index contributed by atoms with van der Waals surface area (Å²) >= 11 is 1.38. The second-order valence-corrected chi connectivity index (χ2v) is 9.67. The Balaban J connectivity index is 1.67. The van der Waals surface area contributed by atoms with Crippen molar-refractivity contribution in [1.29, 1.82) is 0 Å². The SMILES string of the molecule is CCc1ccc(S(=O)(=O)N2CCC(N(C)c3cc(C)ncn3)CC2)s1. The smallest absolute Gasteiger partial charge is 0.252 e. The predicted molar refractivity (Wildman–Crippen MR) is 101 cm³/mol. The van der Waals surface area contributed by atoms with Crippen molar-refractivity contribution >= 4 is 27.2 Å². The topological polar surface area (TPSA) is 66.4 Å². The first-order chi connectivity index (χ1) is 11.9. The minimum atomic E-state index is -3.36. The molecule has 0 N–H and O–H groups in total. The van der Waals surface area contributed by atoms with Crippen LogP contribution < -0.4 is 4.90 Å². The van der Waals surface area contributed by atoms with Crippen molar-refractivity contribution in [2.75, 3.05) is 25.0 Å². The lowest BCUT2D eigenvalue weighted by Gasteiger charge is -2.36. The van der Waals surface area contributed by atoms with Crippen LogP contribution in [0.2, 0.25) is 0 Å². The van der Waals surface area contributed by atoms with Gasteiger partial charge in [-0.2, -0.15) is 4.31 Å². The van der Waals surface area contributed by atoms with Crippen molar-refractivity contribution in [2.45, 2.75) is 43.4 Å². The minimum absolute atomic E-state index is 0.287. The fourth-order valence-corrected chi connectivity index (χ4v) is 6.02. The number of hydrogen-bond donors (Lipinski definition) is 0. The third-order valence-corrected chi connectivity index (χ3v) is 8.30.